The number of hydrogen-bond donors (Lipinski definition) is 2. The van der Waals surface area contributed by atoms with Crippen molar-refractivity contribution in [1.82, 2.24) is 4.98 Å². The number of anilines is 3. The van der Waals surface area contributed by atoms with Crippen molar-refractivity contribution in [1.29, 1.82) is 0 Å². The summed E-state index contributed by atoms with van der Waals surface area (Å²) in [4.78, 5) is 16.1. The van der Waals surface area contributed by atoms with Crippen LogP contribution in [0.5, 0.6) is 0 Å². The van der Waals surface area contributed by atoms with Crippen LogP contribution in [0.3, 0.4) is 0 Å². The van der Waals surface area contributed by atoms with Gasteiger partial charge in [-0.25, -0.2) is 13.2 Å². The van der Waals surface area contributed by atoms with Gasteiger partial charge in [0.25, 0.3) is 5.91 Å². The lowest BCUT2D eigenvalue weighted by Gasteiger charge is -2.09. The zero-order valence-corrected chi connectivity index (χ0v) is 12.8. The molecule has 0 bridgehead atoms. The maximum Gasteiger partial charge on any atom is 0.257 e. The van der Waals surface area contributed by atoms with Gasteiger partial charge in [0, 0.05) is 18.0 Å². The van der Waals surface area contributed by atoms with E-state index in [0.717, 1.165) is 12.1 Å². The summed E-state index contributed by atoms with van der Waals surface area (Å²) in [6, 6.07) is 10.6. The van der Waals surface area contributed by atoms with E-state index in [4.69, 9.17) is 0 Å². The van der Waals surface area contributed by atoms with Gasteiger partial charge in [0.2, 0.25) is 0 Å². The maximum absolute atomic E-state index is 13.7. The molecule has 1 amide bonds. The van der Waals surface area contributed by atoms with E-state index in [2.05, 4.69) is 15.6 Å². The third kappa shape index (κ3) is 3.95. The van der Waals surface area contributed by atoms with Gasteiger partial charge in [-0.15, -0.1) is 0 Å². The Morgan fingerprint density at radius 2 is 1.64 bits per heavy atom. The average Bonchev–Trinajstić information content (AvgIpc) is 2.60. The molecule has 0 radical (unpaired) electrons. The molecule has 4 nitrogen and oxygen atoms in total. The predicted octanol–water partition coefficient (Wildman–Crippen LogP) is 4.49. The third-order valence-corrected chi connectivity index (χ3v) is 3.33. The van der Waals surface area contributed by atoms with E-state index in [9.17, 15) is 18.0 Å². The number of carbonyl (C=O) groups is 1. The van der Waals surface area contributed by atoms with Gasteiger partial charge < -0.3 is 10.6 Å². The Morgan fingerprint density at radius 3 is 2.40 bits per heavy atom. The number of carbonyl (C=O) groups excluding carboxylic acids is 1. The molecular weight excluding hydrogens is 331 g/mol. The molecule has 0 aliphatic heterocycles. The second kappa shape index (κ2) is 7.04. The van der Waals surface area contributed by atoms with Crippen LogP contribution in [0.15, 0.2) is 60.9 Å². The summed E-state index contributed by atoms with van der Waals surface area (Å²) in [6.45, 7) is 0. The van der Waals surface area contributed by atoms with Gasteiger partial charge in [-0.1, -0.05) is 12.1 Å². The van der Waals surface area contributed by atoms with E-state index in [0.29, 0.717) is 5.69 Å². The first-order valence-corrected chi connectivity index (χ1v) is 7.26. The molecule has 2 N–H and O–H groups in total. The molecule has 3 rings (SSSR count). The van der Waals surface area contributed by atoms with Gasteiger partial charge in [-0.05, 0) is 30.3 Å². The van der Waals surface area contributed by atoms with Crippen molar-refractivity contribution in [3.63, 3.8) is 0 Å². The molecule has 25 heavy (non-hydrogen) atoms. The molecule has 1 heterocycles. The van der Waals surface area contributed by atoms with Crippen LogP contribution in [0, 0.1) is 17.5 Å². The third-order valence-electron chi connectivity index (χ3n) is 3.33. The minimum absolute atomic E-state index is 0.108. The van der Waals surface area contributed by atoms with Crippen LogP contribution in [-0.2, 0) is 0 Å². The summed E-state index contributed by atoms with van der Waals surface area (Å²) < 4.78 is 39.8. The second-order valence-electron chi connectivity index (χ2n) is 5.15. The number of pyridine rings is 1. The Bertz CT molecular complexity index is 931. The van der Waals surface area contributed by atoms with Crippen molar-refractivity contribution in [3.8, 4) is 0 Å². The quantitative estimate of drug-likeness (QED) is 0.734. The van der Waals surface area contributed by atoms with Gasteiger partial charge >= 0.3 is 0 Å². The summed E-state index contributed by atoms with van der Waals surface area (Å²) >= 11 is 0. The molecule has 0 atom stereocenters. The van der Waals surface area contributed by atoms with E-state index in [-0.39, 0.29) is 16.9 Å². The van der Waals surface area contributed by atoms with Crippen LogP contribution >= 0.6 is 0 Å². The van der Waals surface area contributed by atoms with Crippen LogP contribution in [0.25, 0.3) is 0 Å². The predicted molar refractivity (Wildman–Crippen MR) is 88.2 cm³/mol. The van der Waals surface area contributed by atoms with Crippen molar-refractivity contribution in [3.05, 3.63) is 83.9 Å². The summed E-state index contributed by atoms with van der Waals surface area (Å²) in [7, 11) is 0. The molecule has 2 aromatic carbocycles. The highest BCUT2D eigenvalue weighted by Gasteiger charge is 2.10. The molecule has 0 aliphatic carbocycles. The molecule has 0 spiro atoms. The number of benzene rings is 2. The number of aromatic nitrogens is 1. The van der Waals surface area contributed by atoms with Crippen molar-refractivity contribution < 1.29 is 18.0 Å². The van der Waals surface area contributed by atoms with Gasteiger partial charge in [-0.2, -0.15) is 0 Å². The Balaban J connectivity index is 1.77. The summed E-state index contributed by atoms with van der Waals surface area (Å²) in [6.07, 6.45) is 2.74. The molecule has 0 saturated carbocycles. The number of hydrogen-bond acceptors (Lipinski definition) is 3. The van der Waals surface area contributed by atoms with Crippen LogP contribution in [0.1, 0.15) is 10.4 Å². The van der Waals surface area contributed by atoms with Gasteiger partial charge in [0.15, 0.2) is 11.6 Å². The van der Waals surface area contributed by atoms with Crippen LogP contribution in [0.4, 0.5) is 30.2 Å². The van der Waals surface area contributed by atoms with Crippen molar-refractivity contribution in [2.75, 3.05) is 10.6 Å². The number of rotatable bonds is 4. The fourth-order valence-electron chi connectivity index (χ4n) is 2.13. The highest BCUT2D eigenvalue weighted by Crippen LogP contribution is 2.20. The standard InChI is InChI=1S/C18H12F3N3O/c19-14-6-5-12(8-16(14)21)24-18(25)11-7-13(10-22-9-11)23-17-4-2-1-3-15(17)20/h1-10,23H,(H,24,25). The number of para-hydroxylation sites is 1. The van der Waals surface area contributed by atoms with Crippen molar-refractivity contribution in [2.45, 2.75) is 0 Å². The lowest BCUT2D eigenvalue weighted by atomic mass is 10.2. The Kier molecular flexibility index (Phi) is 4.65. The SMILES string of the molecule is O=C(Nc1ccc(F)c(F)c1)c1cncc(Nc2ccccc2F)c1. The summed E-state index contributed by atoms with van der Waals surface area (Å²) in [5, 5.41) is 5.26. The van der Waals surface area contributed by atoms with Crippen LogP contribution in [0.2, 0.25) is 0 Å². The van der Waals surface area contributed by atoms with Gasteiger partial charge in [-0.3, -0.25) is 9.78 Å². The van der Waals surface area contributed by atoms with E-state index in [1.54, 1.807) is 18.2 Å². The lowest BCUT2D eigenvalue weighted by molar-refractivity contribution is 0.102. The normalized spacial score (nSPS) is 10.4. The maximum atomic E-state index is 13.7. The molecule has 0 fully saturated rings. The van der Waals surface area contributed by atoms with Gasteiger partial charge in [0.1, 0.15) is 5.82 Å². The van der Waals surface area contributed by atoms with E-state index in [1.807, 2.05) is 0 Å². The fourth-order valence-corrected chi connectivity index (χ4v) is 2.13. The van der Waals surface area contributed by atoms with E-state index >= 15 is 0 Å². The van der Waals surface area contributed by atoms with Crippen molar-refractivity contribution >= 4 is 23.0 Å². The molecule has 1 aromatic heterocycles. The smallest absolute Gasteiger partial charge is 0.257 e. The zero-order chi connectivity index (χ0) is 17.8. The number of halogens is 3. The molecule has 7 heteroatoms. The fraction of sp³-hybridized carbons (Fsp3) is 0. The molecular formula is C18H12F3N3O. The second-order valence-corrected chi connectivity index (χ2v) is 5.15. The molecule has 0 saturated heterocycles. The highest BCUT2D eigenvalue weighted by molar-refractivity contribution is 6.04. The first kappa shape index (κ1) is 16.5. The van der Waals surface area contributed by atoms with Crippen molar-refractivity contribution in [2.24, 2.45) is 0 Å². The van der Waals surface area contributed by atoms with E-state index < -0.39 is 23.4 Å². The first-order chi connectivity index (χ1) is 12.0. The Morgan fingerprint density at radius 1 is 0.840 bits per heavy atom. The number of amides is 1. The topological polar surface area (TPSA) is 54.0 Å². The molecule has 126 valence electrons. The van der Waals surface area contributed by atoms with Gasteiger partial charge in [0.05, 0.1) is 23.1 Å². The lowest BCUT2D eigenvalue weighted by Crippen LogP contribution is -2.13. The summed E-state index contributed by atoms with van der Waals surface area (Å²) in [5.41, 5.74) is 0.924. The number of nitrogens with zero attached hydrogens (tertiary/aromatic N) is 1. The Labute approximate surface area is 141 Å². The first-order valence-electron chi connectivity index (χ1n) is 7.26. The number of nitrogens with one attached hydrogen (secondary N) is 2. The van der Waals surface area contributed by atoms with E-state index in [1.165, 1.54) is 30.6 Å². The van der Waals surface area contributed by atoms with Crippen LogP contribution < -0.4 is 10.6 Å². The minimum atomic E-state index is -1.06. The highest BCUT2D eigenvalue weighted by atomic mass is 19.2. The molecule has 0 aliphatic rings. The largest absolute Gasteiger partial charge is 0.352 e. The Hall–Kier alpha value is -3.35. The molecule has 0 unspecified atom stereocenters. The molecule has 3 aromatic rings. The van der Waals surface area contributed by atoms with Crippen LogP contribution in [-0.4, -0.2) is 10.9 Å². The zero-order valence-electron chi connectivity index (χ0n) is 12.8. The monoisotopic (exact) mass is 343 g/mol. The average molecular weight is 343 g/mol. The minimum Gasteiger partial charge on any atom is -0.352 e. The summed E-state index contributed by atoms with van der Waals surface area (Å²) in [5.74, 6) is -3.07.